The monoisotopic (exact) mass is 399 g/mol. The average molecular weight is 399 g/mol. The smallest absolute Gasteiger partial charge is 0.257 e. The molecule has 6 nitrogen and oxygen atoms in total. The summed E-state index contributed by atoms with van der Waals surface area (Å²) < 4.78 is 1.72. The highest BCUT2D eigenvalue weighted by molar-refractivity contribution is 5.95. The average Bonchev–Trinajstić information content (AvgIpc) is 3.47. The summed E-state index contributed by atoms with van der Waals surface area (Å²) in [5, 5.41) is 4.51. The van der Waals surface area contributed by atoms with Crippen molar-refractivity contribution in [2.75, 3.05) is 6.54 Å². The van der Waals surface area contributed by atoms with E-state index >= 15 is 0 Å². The second-order valence-corrected chi connectivity index (χ2v) is 8.90. The van der Waals surface area contributed by atoms with E-state index in [9.17, 15) is 4.79 Å². The summed E-state index contributed by atoms with van der Waals surface area (Å²) in [7, 11) is 0. The number of hydrogen-bond acceptors (Lipinski definition) is 4. The van der Waals surface area contributed by atoms with E-state index in [-0.39, 0.29) is 5.91 Å². The molecule has 2 bridgehead atoms. The first-order valence-electron chi connectivity index (χ1n) is 11.0. The number of fused-ring (bicyclic) bond motifs is 5. The van der Waals surface area contributed by atoms with Gasteiger partial charge in [-0.25, -0.2) is 14.6 Å². The van der Waals surface area contributed by atoms with Crippen LogP contribution in [0.5, 0.6) is 0 Å². The third kappa shape index (κ3) is 2.70. The Kier molecular flexibility index (Phi) is 4.01. The van der Waals surface area contributed by atoms with E-state index in [2.05, 4.69) is 39.2 Å². The molecular formula is C24H25N5O. The Labute approximate surface area is 176 Å². The van der Waals surface area contributed by atoms with Crippen LogP contribution in [0.1, 0.15) is 52.9 Å². The molecule has 1 saturated carbocycles. The van der Waals surface area contributed by atoms with Gasteiger partial charge in [0.15, 0.2) is 0 Å². The maximum absolute atomic E-state index is 13.2. The lowest BCUT2D eigenvalue weighted by Gasteiger charge is -2.26. The number of likely N-dealkylation sites (tertiary alicyclic amines) is 1. The molecule has 6 rings (SSSR count). The number of nitrogens with zero attached hydrogens (tertiary/aromatic N) is 5. The molecule has 0 spiro atoms. The Balaban J connectivity index is 1.38. The minimum absolute atomic E-state index is 0.103. The summed E-state index contributed by atoms with van der Waals surface area (Å²) in [6, 6.07) is 8.89. The molecular weight excluding hydrogens is 374 g/mol. The molecule has 0 N–H and O–H groups in total. The molecule has 3 heterocycles. The lowest BCUT2D eigenvalue weighted by Crippen LogP contribution is -2.37. The Bertz CT molecular complexity index is 1150. The van der Waals surface area contributed by atoms with Crippen LogP contribution in [0.2, 0.25) is 0 Å². The molecule has 6 heteroatoms. The summed E-state index contributed by atoms with van der Waals surface area (Å²) in [4.78, 5) is 24.8. The summed E-state index contributed by atoms with van der Waals surface area (Å²) >= 11 is 0. The van der Waals surface area contributed by atoms with Crippen molar-refractivity contribution >= 4 is 5.91 Å². The van der Waals surface area contributed by atoms with Crippen LogP contribution in [0.4, 0.5) is 0 Å². The van der Waals surface area contributed by atoms with E-state index in [1.165, 1.54) is 23.1 Å². The molecule has 0 radical (unpaired) electrons. The number of rotatable bonds is 2. The van der Waals surface area contributed by atoms with Gasteiger partial charge in [-0.2, -0.15) is 5.10 Å². The zero-order valence-corrected chi connectivity index (χ0v) is 17.2. The summed E-state index contributed by atoms with van der Waals surface area (Å²) in [6.07, 6.45) is 10.3. The van der Waals surface area contributed by atoms with Gasteiger partial charge in [-0.15, -0.1) is 0 Å². The van der Waals surface area contributed by atoms with Gasteiger partial charge in [-0.1, -0.05) is 24.3 Å². The van der Waals surface area contributed by atoms with Crippen molar-refractivity contribution in [2.45, 2.75) is 51.5 Å². The van der Waals surface area contributed by atoms with Crippen LogP contribution < -0.4 is 0 Å². The van der Waals surface area contributed by atoms with E-state index in [0.29, 0.717) is 23.5 Å². The second-order valence-electron chi connectivity index (χ2n) is 8.90. The molecule has 2 fully saturated rings. The number of hydrogen-bond donors (Lipinski definition) is 0. The number of benzene rings is 1. The van der Waals surface area contributed by atoms with Crippen LogP contribution in [0.25, 0.3) is 17.2 Å². The number of aryl methyl sites for hydroxylation is 2. The number of carbonyl (C=O) groups excluding carboxylic acids is 1. The Hall–Kier alpha value is -3.02. The van der Waals surface area contributed by atoms with Crippen LogP contribution in [0, 0.1) is 12.8 Å². The summed E-state index contributed by atoms with van der Waals surface area (Å²) in [5.41, 5.74) is 6.16. The van der Waals surface area contributed by atoms with Crippen LogP contribution >= 0.6 is 0 Å². The molecule has 152 valence electrons. The normalized spacial score (nSPS) is 22.0. The third-order valence-corrected chi connectivity index (χ3v) is 7.12. The number of piperidine rings is 1. The van der Waals surface area contributed by atoms with Crippen molar-refractivity contribution in [1.82, 2.24) is 24.6 Å². The van der Waals surface area contributed by atoms with Crippen molar-refractivity contribution in [1.29, 1.82) is 0 Å². The maximum Gasteiger partial charge on any atom is 0.257 e. The van der Waals surface area contributed by atoms with Gasteiger partial charge in [0.2, 0.25) is 0 Å². The van der Waals surface area contributed by atoms with Crippen molar-refractivity contribution in [3.05, 3.63) is 59.0 Å². The van der Waals surface area contributed by atoms with E-state index < -0.39 is 0 Å². The molecule has 1 amide bonds. The molecule has 3 aliphatic rings. The van der Waals surface area contributed by atoms with Crippen molar-refractivity contribution in [2.24, 2.45) is 5.92 Å². The number of aromatic nitrogens is 4. The first-order chi connectivity index (χ1) is 14.7. The highest BCUT2D eigenvalue weighted by Gasteiger charge is 2.41. The molecule has 0 unspecified atom stereocenters. The van der Waals surface area contributed by atoms with Gasteiger partial charge in [-0.05, 0) is 62.5 Å². The van der Waals surface area contributed by atoms with E-state index in [4.69, 9.17) is 4.98 Å². The molecule has 30 heavy (non-hydrogen) atoms. The summed E-state index contributed by atoms with van der Waals surface area (Å²) in [6.45, 7) is 2.83. The van der Waals surface area contributed by atoms with Gasteiger partial charge in [0, 0.05) is 24.3 Å². The third-order valence-electron chi connectivity index (χ3n) is 7.12. The minimum atomic E-state index is 0.103. The molecule has 2 aromatic heterocycles. The molecule has 1 aromatic carbocycles. The number of amides is 1. The van der Waals surface area contributed by atoms with Gasteiger partial charge in [0.25, 0.3) is 11.9 Å². The SMILES string of the molecule is Cc1c(C(=O)N2C[C@H]3CC[C@@H]2C3)cnn1-c1ncc2c(n1)-c1ccccc1CCC2. The fourth-order valence-corrected chi connectivity index (χ4v) is 5.50. The molecule has 3 aromatic rings. The quantitative estimate of drug-likeness (QED) is 0.658. The molecule has 2 aliphatic carbocycles. The predicted octanol–water partition coefficient (Wildman–Crippen LogP) is 3.75. The van der Waals surface area contributed by atoms with Crippen LogP contribution in [0.3, 0.4) is 0 Å². The van der Waals surface area contributed by atoms with E-state index in [0.717, 1.165) is 50.0 Å². The van der Waals surface area contributed by atoms with Crippen LogP contribution in [-0.4, -0.2) is 43.1 Å². The standard InChI is InChI=1S/C24H25N5O/c1-15-21(23(30)28-14-16-9-10-19(28)11-16)13-26-29(15)24-25-12-18-7-4-6-17-5-2-3-8-20(17)22(18)27-24/h2-3,5,8,12-13,16,19H,4,6-7,9-11,14H2,1H3/t16-,19+/m0/s1. The highest BCUT2D eigenvalue weighted by Crippen LogP contribution is 2.38. The lowest BCUT2D eigenvalue weighted by molar-refractivity contribution is 0.0703. The zero-order chi connectivity index (χ0) is 20.2. The Morgan fingerprint density at radius 1 is 1.10 bits per heavy atom. The topological polar surface area (TPSA) is 63.9 Å². The summed E-state index contributed by atoms with van der Waals surface area (Å²) in [5.74, 6) is 1.32. The van der Waals surface area contributed by atoms with E-state index in [1.807, 2.05) is 13.1 Å². The van der Waals surface area contributed by atoms with Crippen molar-refractivity contribution < 1.29 is 4.79 Å². The Morgan fingerprint density at radius 2 is 1.97 bits per heavy atom. The van der Waals surface area contributed by atoms with Crippen LogP contribution in [-0.2, 0) is 12.8 Å². The fourth-order valence-electron chi connectivity index (χ4n) is 5.50. The second kappa shape index (κ2) is 6.76. The van der Waals surface area contributed by atoms with Gasteiger partial charge >= 0.3 is 0 Å². The first-order valence-corrected chi connectivity index (χ1v) is 11.0. The first kappa shape index (κ1) is 17.8. The van der Waals surface area contributed by atoms with Crippen molar-refractivity contribution in [3.63, 3.8) is 0 Å². The van der Waals surface area contributed by atoms with Gasteiger partial charge in [-0.3, -0.25) is 4.79 Å². The van der Waals surface area contributed by atoms with E-state index in [1.54, 1.807) is 10.9 Å². The zero-order valence-electron chi connectivity index (χ0n) is 17.2. The predicted molar refractivity (Wildman–Crippen MR) is 114 cm³/mol. The molecule has 1 aliphatic heterocycles. The number of carbonyl (C=O) groups is 1. The Morgan fingerprint density at radius 3 is 2.80 bits per heavy atom. The van der Waals surface area contributed by atoms with Gasteiger partial charge < -0.3 is 4.90 Å². The highest BCUT2D eigenvalue weighted by atomic mass is 16.2. The maximum atomic E-state index is 13.2. The largest absolute Gasteiger partial charge is 0.335 e. The molecule has 1 saturated heterocycles. The van der Waals surface area contributed by atoms with Gasteiger partial charge in [0.05, 0.1) is 23.1 Å². The molecule has 2 atom stereocenters. The van der Waals surface area contributed by atoms with Crippen LogP contribution in [0.15, 0.2) is 36.7 Å². The van der Waals surface area contributed by atoms with Crippen molar-refractivity contribution in [3.8, 4) is 17.2 Å². The van der Waals surface area contributed by atoms with Gasteiger partial charge in [0.1, 0.15) is 0 Å². The minimum Gasteiger partial charge on any atom is -0.335 e. The fraction of sp³-hybridized carbons (Fsp3) is 0.417. The lowest BCUT2D eigenvalue weighted by atomic mass is 10.0.